The molecule has 1 aliphatic rings. The van der Waals surface area contributed by atoms with Crippen LogP contribution >= 0.6 is 0 Å². The number of hydrogen-bond donors (Lipinski definition) is 3. The van der Waals surface area contributed by atoms with E-state index in [0.29, 0.717) is 11.6 Å². The van der Waals surface area contributed by atoms with Crippen molar-refractivity contribution in [1.82, 2.24) is 5.32 Å². The number of benzene rings is 1. The van der Waals surface area contributed by atoms with Gasteiger partial charge in [-0.2, -0.15) is 0 Å². The Kier molecular flexibility index (Phi) is 3.58. The minimum absolute atomic E-state index is 0.205. The van der Waals surface area contributed by atoms with Gasteiger partial charge in [0.1, 0.15) is 5.82 Å². The molecule has 1 heterocycles. The summed E-state index contributed by atoms with van der Waals surface area (Å²) in [5.74, 6) is -0.524. The number of halogens is 1. The van der Waals surface area contributed by atoms with E-state index in [4.69, 9.17) is 5.73 Å². The van der Waals surface area contributed by atoms with Crippen molar-refractivity contribution in [1.29, 1.82) is 0 Å². The Labute approximate surface area is 99.4 Å². The molecule has 4 nitrogen and oxygen atoms in total. The fourth-order valence-electron chi connectivity index (χ4n) is 2.02. The zero-order valence-electron chi connectivity index (χ0n) is 9.50. The average Bonchev–Trinajstić information content (AvgIpc) is 2.80. The lowest BCUT2D eigenvalue weighted by Gasteiger charge is -2.13. The van der Waals surface area contributed by atoms with Crippen LogP contribution in [0, 0.1) is 11.7 Å². The van der Waals surface area contributed by atoms with Gasteiger partial charge in [-0.05, 0) is 43.6 Å². The lowest BCUT2D eigenvalue weighted by Crippen LogP contribution is -2.20. The Morgan fingerprint density at radius 3 is 3.06 bits per heavy atom. The Bertz CT molecular complexity index is 416. The van der Waals surface area contributed by atoms with Crippen LogP contribution in [0.25, 0.3) is 0 Å². The van der Waals surface area contributed by atoms with Gasteiger partial charge in [0, 0.05) is 12.2 Å². The molecule has 1 saturated heterocycles. The maximum Gasteiger partial charge on any atom is 0.250 e. The minimum Gasteiger partial charge on any atom is -0.384 e. The molecule has 1 aromatic rings. The molecule has 0 aromatic heterocycles. The first-order chi connectivity index (χ1) is 8.16. The predicted molar refractivity (Wildman–Crippen MR) is 64.4 cm³/mol. The summed E-state index contributed by atoms with van der Waals surface area (Å²) in [5.41, 5.74) is 6.02. The van der Waals surface area contributed by atoms with E-state index >= 15 is 0 Å². The molecule has 0 saturated carbocycles. The first kappa shape index (κ1) is 11.9. The predicted octanol–water partition coefficient (Wildman–Crippen LogP) is 0.946. The summed E-state index contributed by atoms with van der Waals surface area (Å²) in [6, 6.07) is 4.04. The molecule has 92 valence electrons. The van der Waals surface area contributed by atoms with Crippen LogP contribution in [0.15, 0.2) is 18.2 Å². The molecule has 1 atom stereocenters. The molecular formula is C12H16FN3O. The van der Waals surface area contributed by atoms with Crippen molar-refractivity contribution in [3.8, 4) is 0 Å². The second-order valence-corrected chi connectivity index (χ2v) is 4.29. The summed E-state index contributed by atoms with van der Waals surface area (Å²) in [4.78, 5) is 11.2. The summed E-state index contributed by atoms with van der Waals surface area (Å²) in [5, 5.41) is 6.42. The van der Waals surface area contributed by atoms with Gasteiger partial charge in [0.2, 0.25) is 0 Å². The summed E-state index contributed by atoms with van der Waals surface area (Å²) < 4.78 is 13.0. The molecule has 2 rings (SSSR count). The quantitative estimate of drug-likeness (QED) is 0.730. The van der Waals surface area contributed by atoms with E-state index in [1.54, 1.807) is 6.07 Å². The number of amides is 1. The Morgan fingerprint density at radius 2 is 2.41 bits per heavy atom. The maximum absolute atomic E-state index is 13.0. The lowest BCUT2D eigenvalue weighted by molar-refractivity contribution is 0.100. The van der Waals surface area contributed by atoms with Crippen LogP contribution < -0.4 is 16.4 Å². The van der Waals surface area contributed by atoms with Gasteiger partial charge in [-0.3, -0.25) is 4.79 Å². The monoisotopic (exact) mass is 237 g/mol. The normalized spacial score (nSPS) is 19.2. The van der Waals surface area contributed by atoms with Gasteiger partial charge in [0.15, 0.2) is 0 Å². The first-order valence-electron chi connectivity index (χ1n) is 5.71. The van der Waals surface area contributed by atoms with Crippen LogP contribution in [0.2, 0.25) is 0 Å². The SMILES string of the molecule is NC(=O)c1cc(F)ccc1NCC1CCNC1. The third kappa shape index (κ3) is 2.94. The van der Waals surface area contributed by atoms with Gasteiger partial charge in [0.05, 0.1) is 5.56 Å². The van der Waals surface area contributed by atoms with Crippen molar-refractivity contribution in [3.05, 3.63) is 29.6 Å². The smallest absolute Gasteiger partial charge is 0.250 e. The molecule has 17 heavy (non-hydrogen) atoms. The molecule has 0 bridgehead atoms. The van der Waals surface area contributed by atoms with Crippen molar-refractivity contribution in [2.75, 3.05) is 25.0 Å². The van der Waals surface area contributed by atoms with Gasteiger partial charge in [0.25, 0.3) is 5.91 Å². The fourth-order valence-corrected chi connectivity index (χ4v) is 2.02. The third-order valence-corrected chi connectivity index (χ3v) is 2.99. The standard InChI is InChI=1S/C12H16FN3O/c13-9-1-2-11(10(5-9)12(14)17)16-7-8-3-4-15-6-8/h1-2,5,8,15-16H,3-4,6-7H2,(H2,14,17). The highest BCUT2D eigenvalue weighted by atomic mass is 19.1. The third-order valence-electron chi connectivity index (χ3n) is 2.99. The highest BCUT2D eigenvalue weighted by Gasteiger charge is 2.15. The highest BCUT2D eigenvalue weighted by molar-refractivity contribution is 5.98. The molecule has 1 unspecified atom stereocenters. The maximum atomic E-state index is 13.0. The molecule has 1 aliphatic heterocycles. The van der Waals surface area contributed by atoms with Crippen LogP contribution in [0.3, 0.4) is 0 Å². The van der Waals surface area contributed by atoms with Gasteiger partial charge in [-0.1, -0.05) is 0 Å². The molecule has 0 radical (unpaired) electrons. The van der Waals surface area contributed by atoms with Crippen LogP contribution in [-0.2, 0) is 0 Å². The van der Waals surface area contributed by atoms with E-state index in [-0.39, 0.29) is 5.56 Å². The topological polar surface area (TPSA) is 67.2 Å². The van der Waals surface area contributed by atoms with E-state index in [0.717, 1.165) is 32.1 Å². The number of nitrogens with one attached hydrogen (secondary N) is 2. The van der Waals surface area contributed by atoms with Crippen molar-refractivity contribution in [2.45, 2.75) is 6.42 Å². The Morgan fingerprint density at radius 1 is 1.59 bits per heavy atom. The molecule has 5 heteroatoms. The van der Waals surface area contributed by atoms with Gasteiger partial charge < -0.3 is 16.4 Å². The van der Waals surface area contributed by atoms with Gasteiger partial charge >= 0.3 is 0 Å². The number of carbonyl (C=O) groups is 1. The van der Waals surface area contributed by atoms with Crippen LogP contribution in [0.5, 0.6) is 0 Å². The van der Waals surface area contributed by atoms with Crippen LogP contribution in [-0.4, -0.2) is 25.5 Å². The lowest BCUT2D eigenvalue weighted by atomic mass is 10.1. The van der Waals surface area contributed by atoms with Crippen molar-refractivity contribution >= 4 is 11.6 Å². The Balaban J connectivity index is 2.06. The van der Waals surface area contributed by atoms with Crippen LogP contribution in [0.1, 0.15) is 16.8 Å². The highest BCUT2D eigenvalue weighted by Crippen LogP contribution is 2.18. The molecule has 1 aromatic carbocycles. The number of anilines is 1. The minimum atomic E-state index is -0.614. The van der Waals surface area contributed by atoms with E-state index in [9.17, 15) is 9.18 Å². The number of carbonyl (C=O) groups excluding carboxylic acids is 1. The molecule has 1 amide bonds. The molecule has 1 fully saturated rings. The number of nitrogens with two attached hydrogens (primary N) is 1. The molecule has 0 spiro atoms. The van der Waals surface area contributed by atoms with E-state index < -0.39 is 11.7 Å². The molecule has 4 N–H and O–H groups in total. The van der Waals surface area contributed by atoms with Crippen LogP contribution in [0.4, 0.5) is 10.1 Å². The molecule has 0 aliphatic carbocycles. The van der Waals surface area contributed by atoms with E-state index in [1.807, 2.05) is 0 Å². The van der Waals surface area contributed by atoms with E-state index in [1.165, 1.54) is 6.07 Å². The van der Waals surface area contributed by atoms with E-state index in [2.05, 4.69) is 10.6 Å². The number of hydrogen-bond acceptors (Lipinski definition) is 3. The summed E-state index contributed by atoms with van der Waals surface area (Å²) in [6.07, 6.45) is 1.11. The van der Waals surface area contributed by atoms with Crippen molar-refractivity contribution in [2.24, 2.45) is 11.7 Å². The van der Waals surface area contributed by atoms with Crippen molar-refractivity contribution < 1.29 is 9.18 Å². The average molecular weight is 237 g/mol. The second kappa shape index (κ2) is 5.14. The molecular weight excluding hydrogens is 221 g/mol. The number of primary amides is 1. The number of rotatable bonds is 4. The zero-order valence-corrected chi connectivity index (χ0v) is 9.50. The van der Waals surface area contributed by atoms with Gasteiger partial charge in [-0.25, -0.2) is 4.39 Å². The second-order valence-electron chi connectivity index (χ2n) is 4.29. The fraction of sp³-hybridized carbons (Fsp3) is 0.417. The summed E-state index contributed by atoms with van der Waals surface area (Å²) >= 11 is 0. The largest absolute Gasteiger partial charge is 0.384 e. The first-order valence-corrected chi connectivity index (χ1v) is 5.71. The van der Waals surface area contributed by atoms with Gasteiger partial charge in [-0.15, -0.1) is 0 Å². The summed E-state index contributed by atoms with van der Waals surface area (Å²) in [7, 11) is 0. The Hall–Kier alpha value is -1.62. The zero-order chi connectivity index (χ0) is 12.3. The van der Waals surface area contributed by atoms with Crippen molar-refractivity contribution in [3.63, 3.8) is 0 Å². The summed E-state index contributed by atoms with van der Waals surface area (Å²) in [6.45, 7) is 2.76.